The van der Waals surface area contributed by atoms with Gasteiger partial charge >= 0.3 is 7.82 Å². The van der Waals surface area contributed by atoms with Crippen LogP contribution in [0.25, 0.3) is 0 Å². The molecule has 1 N–H and O–H groups in total. The zero-order chi connectivity index (χ0) is 32.6. The molecule has 0 aliphatic heterocycles. The van der Waals surface area contributed by atoms with Gasteiger partial charge < -0.3 is 19.4 Å². The number of phosphoric acid groups is 1. The number of nitrogens with zero attached hydrogens (tertiary/aromatic N) is 6. The van der Waals surface area contributed by atoms with Gasteiger partial charge in [0.05, 0.1) is 22.8 Å². The van der Waals surface area contributed by atoms with Gasteiger partial charge in [0.1, 0.15) is 5.75 Å². The first-order valence-electron chi connectivity index (χ1n) is 14.7. The molecular formula is C34H37N6O5PZn2-2. The number of phosphoric ester groups is 1. The van der Waals surface area contributed by atoms with Crippen LogP contribution in [-0.4, -0.2) is 53.8 Å². The van der Waals surface area contributed by atoms with Gasteiger partial charge in [0.25, 0.3) is 0 Å². The van der Waals surface area contributed by atoms with Crippen LogP contribution in [0.15, 0.2) is 122 Å². The average Bonchev–Trinajstić information content (AvgIpc) is 3.04. The molecule has 4 aromatic heterocycles. The van der Waals surface area contributed by atoms with Gasteiger partial charge in [-0.05, 0) is 80.7 Å². The third kappa shape index (κ3) is 16.3. The Bertz CT molecular complexity index is 1440. The van der Waals surface area contributed by atoms with E-state index in [1.54, 1.807) is 36.9 Å². The smallest absolute Gasteiger partial charge is 0.317 e. The van der Waals surface area contributed by atoms with Gasteiger partial charge in [-0.15, -0.1) is 6.10 Å². The molecule has 0 aliphatic rings. The second-order valence-electron chi connectivity index (χ2n) is 10.6. The fourth-order valence-electron chi connectivity index (χ4n) is 4.62. The minimum Gasteiger partial charge on any atom is -0.850 e. The molecule has 11 nitrogen and oxygen atoms in total. The van der Waals surface area contributed by atoms with Crippen molar-refractivity contribution < 1.29 is 62.9 Å². The summed E-state index contributed by atoms with van der Waals surface area (Å²) in [5.74, 6) is 0.112. The predicted molar refractivity (Wildman–Crippen MR) is 171 cm³/mol. The van der Waals surface area contributed by atoms with Gasteiger partial charge in [-0.1, -0.05) is 42.0 Å². The van der Waals surface area contributed by atoms with Crippen LogP contribution in [0.1, 0.15) is 28.3 Å². The summed E-state index contributed by atoms with van der Waals surface area (Å²) in [4.78, 5) is 40.6. The van der Waals surface area contributed by atoms with Gasteiger partial charge in [-0.25, -0.2) is 0 Å². The number of pyridine rings is 4. The first-order chi connectivity index (χ1) is 22.2. The van der Waals surface area contributed by atoms with E-state index in [0.29, 0.717) is 39.3 Å². The fourth-order valence-corrected chi connectivity index (χ4v) is 5.01. The summed E-state index contributed by atoms with van der Waals surface area (Å²) in [7, 11) is -4.65. The maximum atomic E-state index is 13.3. The standard InChI is InChI=1S/C27H29N6O.C7H9O4P.2Zn/c34-27(21-32(17-23-9-1-5-13-28-23)18-24-10-2-6-14-29-24)22-33(19-25-11-3-7-15-30-25)20-26-12-4-8-16-31-26;1-6-2-4-7(5-3-6)11-12(8,9)10;;/h1-16,27H,17-22H2;2-5H,1H3,(H2,8,9,10);;/q-1;;;/p-1/i;;2*1-1. The normalized spacial score (nSPS) is 11.9. The van der Waals surface area contributed by atoms with E-state index < -0.39 is 13.9 Å². The van der Waals surface area contributed by atoms with Gasteiger partial charge in [0, 0.05) is 89.9 Å². The number of rotatable bonds is 14. The molecule has 0 bridgehead atoms. The molecular weight excluding hydrogens is 731 g/mol. The van der Waals surface area contributed by atoms with Gasteiger partial charge in [0.2, 0.25) is 0 Å². The van der Waals surface area contributed by atoms with Gasteiger partial charge in [-0.2, -0.15) is 0 Å². The van der Waals surface area contributed by atoms with Crippen molar-refractivity contribution in [3.8, 4) is 5.75 Å². The summed E-state index contributed by atoms with van der Waals surface area (Å²) in [6, 6.07) is 29.7. The molecule has 0 fully saturated rings. The molecule has 244 valence electrons. The first-order valence-corrected chi connectivity index (χ1v) is 16.2. The van der Waals surface area contributed by atoms with E-state index in [-0.39, 0.29) is 44.7 Å². The Hall–Kier alpha value is -3.10. The Kier molecular flexibility index (Phi) is 18.6. The molecule has 5 rings (SSSR count). The summed E-state index contributed by atoms with van der Waals surface area (Å²) >= 11 is 0. The van der Waals surface area contributed by atoms with E-state index in [4.69, 9.17) is 4.89 Å². The summed E-state index contributed by atoms with van der Waals surface area (Å²) < 4.78 is 14.5. The molecule has 1 unspecified atom stereocenters. The van der Waals surface area contributed by atoms with Crippen LogP contribution < -0.4 is 14.5 Å². The maximum absolute atomic E-state index is 13.3. The summed E-state index contributed by atoms with van der Waals surface area (Å²) in [5.41, 5.74) is 4.73. The van der Waals surface area contributed by atoms with Crippen LogP contribution in [0.2, 0.25) is 0 Å². The van der Waals surface area contributed by atoms with E-state index >= 15 is 0 Å². The van der Waals surface area contributed by atoms with Crippen molar-refractivity contribution in [3.63, 3.8) is 0 Å². The number of aromatic nitrogens is 4. The SMILES string of the molecule is Cc1ccc(OP(=O)([O-])O)cc1.[64Zn].[64Zn].[O-]C(CN(Cc1ccccn1)Cc1ccccn1)CN(Cc1ccccn1)Cc1ccccn1. The first kappa shape index (κ1) is 41.1. The van der Waals surface area contributed by atoms with Crippen molar-refractivity contribution in [2.75, 3.05) is 13.1 Å². The van der Waals surface area contributed by atoms with Crippen molar-refractivity contribution in [3.05, 3.63) is 150 Å². The van der Waals surface area contributed by atoms with Crippen molar-refractivity contribution in [2.24, 2.45) is 0 Å². The molecule has 0 saturated heterocycles. The number of benzene rings is 1. The van der Waals surface area contributed by atoms with Crippen LogP contribution in [0.3, 0.4) is 0 Å². The number of aryl methyl sites for hydroxylation is 1. The zero-order valence-corrected chi connectivity index (χ0v) is 33.8. The molecule has 1 aromatic carbocycles. The molecule has 4 heterocycles. The summed E-state index contributed by atoms with van der Waals surface area (Å²) in [6.45, 7) is 5.00. The van der Waals surface area contributed by atoms with Crippen LogP contribution in [-0.2, 0) is 69.7 Å². The van der Waals surface area contributed by atoms with Crippen LogP contribution in [0.5, 0.6) is 5.75 Å². The third-order valence-electron chi connectivity index (χ3n) is 6.61. The minimum absolute atomic E-state index is 0. The zero-order valence-electron chi connectivity index (χ0n) is 27.0. The molecule has 0 saturated carbocycles. The minimum atomic E-state index is -4.65. The molecule has 5 aromatic rings. The number of hydrogen-bond acceptors (Lipinski definition) is 10. The van der Waals surface area contributed by atoms with Gasteiger partial charge in [0.15, 0.2) is 0 Å². The summed E-state index contributed by atoms with van der Waals surface area (Å²) in [5, 5.41) is 13.3. The van der Waals surface area contributed by atoms with Gasteiger partial charge in [-0.3, -0.25) is 34.3 Å². The van der Waals surface area contributed by atoms with Crippen molar-refractivity contribution in [1.82, 2.24) is 29.7 Å². The Labute approximate surface area is 307 Å². The second kappa shape index (κ2) is 21.8. The molecule has 14 heteroatoms. The molecule has 0 radical (unpaired) electrons. The van der Waals surface area contributed by atoms with E-state index in [2.05, 4.69) is 34.3 Å². The van der Waals surface area contributed by atoms with E-state index in [1.165, 1.54) is 12.1 Å². The van der Waals surface area contributed by atoms with Crippen LogP contribution in [0, 0.1) is 6.92 Å². The Morgan fingerprint density at radius 3 is 1.25 bits per heavy atom. The quantitative estimate of drug-likeness (QED) is 0.131. The second-order valence-corrected chi connectivity index (χ2v) is 11.7. The van der Waals surface area contributed by atoms with E-state index in [9.17, 15) is 14.6 Å². The Balaban J connectivity index is 0.000000486. The average molecular weight is 769 g/mol. The van der Waals surface area contributed by atoms with Crippen LogP contribution >= 0.6 is 7.82 Å². The molecule has 0 amide bonds. The Morgan fingerprint density at radius 1 is 0.646 bits per heavy atom. The van der Waals surface area contributed by atoms with E-state index in [0.717, 1.165) is 28.3 Å². The van der Waals surface area contributed by atoms with Crippen molar-refractivity contribution >= 4 is 7.82 Å². The Morgan fingerprint density at radius 2 is 0.979 bits per heavy atom. The fraction of sp³-hybridized carbons (Fsp3) is 0.235. The number of hydrogen-bond donors (Lipinski definition) is 1. The van der Waals surface area contributed by atoms with Crippen molar-refractivity contribution in [2.45, 2.75) is 39.2 Å². The predicted octanol–water partition coefficient (Wildman–Crippen LogP) is 3.53. The van der Waals surface area contributed by atoms with Crippen molar-refractivity contribution in [1.29, 1.82) is 0 Å². The molecule has 48 heavy (non-hydrogen) atoms. The largest absolute Gasteiger partial charge is 0.850 e. The molecule has 0 aliphatic carbocycles. The molecule has 1 atom stereocenters. The molecule has 0 spiro atoms. The maximum Gasteiger partial charge on any atom is 0.317 e. The van der Waals surface area contributed by atoms with Crippen LogP contribution in [0.4, 0.5) is 0 Å². The third-order valence-corrected chi connectivity index (χ3v) is 7.05. The summed E-state index contributed by atoms with van der Waals surface area (Å²) in [6.07, 6.45) is 6.31. The monoisotopic (exact) mass is 768 g/mol. The topological polar surface area (TPSA) is 151 Å². The van der Waals surface area contributed by atoms with E-state index in [1.807, 2.05) is 79.7 Å².